The van der Waals surface area contributed by atoms with Crippen LogP contribution in [-0.2, 0) is 0 Å². The monoisotopic (exact) mass is 253 g/mol. The Balaban J connectivity index is 2.21. The fraction of sp³-hybridized carbons (Fsp3) is 0.200. The van der Waals surface area contributed by atoms with Gasteiger partial charge in [-0.1, -0.05) is 18.2 Å². The topological polar surface area (TPSA) is 50.8 Å². The lowest BCUT2D eigenvalue weighted by atomic mass is 10.0. The lowest BCUT2D eigenvalue weighted by Gasteiger charge is -2.05. The number of rotatable bonds is 2. The number of hydrogen-bond acceptors (Lipinski definition) is 3. The zero-order valence-corrected chi connectivity index (χ0v) is 11.2. The number of imidazole rings is 1. The quantitative estimate of drug-likeness (QED) is 0.762. The van der Waals surface area contributed by atoms with Crippen molar-refractivity contribution in [2.24, 2.45) is 0 Å². The van der Waals surface area contributed by atoms with Gasteiger partial charge in [-0.15, -0.1) is 0 Å². The number of fused-ring (bicyclic) bond motifs is 1. The Morgan fingerprint density at radius 1 is 1.00 bits per heavy atom. The molecule has 0 spiro atoms. The number of aryl methyl sites for hydroxylation is 2. The van der Waals surface area contributed by atoms with E-state index >= 15 is 0 Å². The molecule has 2 aromatic heterocycles. The molecule has 0 saturated carbocycles. The van der Waals surface area contributed by atoms with E-state index in [0.717, 1.165) is 16.9 Å². The molecule has 4 heteroatoms. The van der Waals surface area contributed by atoms with Gasteiger partial charge in [0.2, 0.25) is 5.88 Å². The van der Waals surface area contributed by atoms with E-state index in [0.29, 0.717) is 11.5 Å². The van der Waals surface area contributed by atoms with Crippen molar-refractivity contribution in [3.05, 3.63) is 41.5 Å². The van der Waals surface area contributed by atoms with Gasteiger partial charge >= 0.3 is 0 Å². The molecule has 0 radical (unpaired) electrons. The van der Waals surface area contributed by atoms with Crippen LogP contribution in [0, 0.1) is 13.8 Å². The van der Waals surface area contributed by atoms with Gasteiger partial charge in [0.05, 0.1) is 12.6 Å². The zero-order chi connectivity index (χ0) is 13.4. The molecule has 3 aromatic rings. The minimum Gasteiger partial charge on any atom is -0.481 e. The van der Waals surface area contributed by atoms with Gasteiger partial charge in [0.1, 0.15) is 5.82 Å². The van der Waals surface area contributed by atoms with Crippen molar-refractivity contribution in [3.8, 4) is 17.3 Å². The number of H-pyrrole nitrogens is 1. The maximum absolute atomic E-state index is 5.12. The zero-order valence-electron chi connectivity index (χ0n) is 11.2. The third kappa shape index (κ3) is 1.95. The van der Waals surface area contributed by atoms with Gasteiger partial charge in [-0.25, -0.2) is 4.98 Å². The van der Waals surface area contributed by atoms with E-state index in [9.17, 15) is 0 Å². The molecule has 0 saturated heterocycles. The van der Waals surface area contributed by atoms with E-state index in [-0.39, 0.29) is 0 Å². The van der Waals surface area contributed by atoms with Crippen molar-refractivity contribution >= 4 is 11.2 Å². The Hall–Kier alpha value is -2.36. The highest BCUT2D eigenvalue weighted by molar-refractivity contribution is 5.78. The summed E-state index contributed by atoms with van der Waals surface area (Å²) < 4.78 is 5.12. The van der Waals surface area contributed by atoms with Crippen molar-refractivity contribution in [1.29, 1.82) is 0 Å². The van der Waals surface area contributed by atoms with E-state index in [1.165, 1.54) is 11.1 Å². The summed E-state index contributed by atoms with van der Waals surface area (Å²) >= 11 is 0. The van der Waals surface area contributed by atoms with Crippen LogP contribution in [0.2, 0.25) is 0 Å². The van der Waals surface area contributed by atoms with Crippen molar-refractivity contribution in [3.63, 3.8) is 0 Å². The minimum absolute atomic E-state index is 0.576. The summed E-state index contributed by atoms with van der Waals surface area (Å²) in [7, 11) is 1.60. The van der Waals surface area contributed by atoms with Gasteiger partial charge in [0.15, 0.2) is 5.65 Å². The largest absolute Gasteiger partial charge is 0.481 e. The number of nitrogens with one attached hydrogen (secondary N) is 1. The first-order chi connectivity index (χ1) is 9.19. The normalized spacial score (nSPS) is 10.9. The molecular formula is C15H15N3O. The summed E-state index contributed by atoms with van der Waals surface area (Å²) in [5.41, 5.74) is 5.13. The second-order valence-electron chi connectivity index (χ2n) is 4.58. The lowest BCUT2D eigenvalue weighted by Crippen LogP contribution is -1.89. The average Bonchev–Trinajstić information content (AvgIpc) is 2.80. The highest BCUT2D eigenvalue weighted by Crippen LogP contribution is 2.26. The number of hydrogen-bond donors (Lipinski definition) is 1. The number of methoxy groups -OCH3 is 1. The van der Waals surface area contributed by atoms with Crippen molar-refractivity contribution in [1.82, 2.24) is 15.0 Å². The summed E-state index contributed by atoms with van der Waals surface area (Å²) in [5, 5.41) is 0. The van der Waals surface area contributed by atoms with E-state index in [1.54, 1.807) is 7.11 Å². The molecular weight excluding hydrogens is 238 g/mol. The first kappa shape index (κ1) is 11.7. The number of ether oxygens (including phenoxy) is 1. The first-order valence-electron chi connectivity index (χ1n) is 6.16. The molecule has 19 heavy (non-hydrogen) atoms. The standard InChI is InChI=1S/C15H15N3O/c1-9-5-4-6-10(2)13(9)15-16-11-7-8-12(19-3)17-14(11)18-15/h4-8H,1-3H3,(H,16,17,18). The van der Waals surface area contributed by atoms with Crippen molar-refractivity contribution in [2.75, 3.05) is 7.11 Å². The minimum atomic E-state index is 0.576. The molecule has 0 amide bonds. The molecule has 0 aliphatic heterocycles. The van der Waals surface area contributed by atoms with Crippen LogP contribution in [-0.4, -0.2) is 22.1 Å². The maximum Gasteiger partial charge on any atom is 0.215 e. The molecule has 96 valence electrons. The molecule has 0 fully saturated rings. The Bertz CT molecular complexity index is 726. The Morgan fingerprint density at radius 3 is 2.42 bits per heavy atom. The van der Waals surface area contributed by atoms with Crippen LogP contribution in [0.5, 0.6) is 5.88 Å². The van der Waals surface area contributed by atoms with E-state index in [1.807, 2.05) is 12.1 Å². The second-order valence-corrected chi connectivity index (χ2v) is 4.58. The molecule has 3 rings (SSSR count). The van der Waals surface area contributed by atoms with Crippen LogP contribution in [0.4, 0.5) is 0 Å². The molecule has 1 aromatic carbocycles. The SMILES string of the molecule is COc1ccc2[nH]c(-c3c(C)cccc3C)nc2n1. The Morgan fingerprint density at radius 2 is 1.74 bits per heavy atom. The smallest absolute Gasteiger partial charge is 0.215 e. The Kier molecular flexibility index (Phi) is 2.71. The van der Waals surface area contributed by atoms with Crippen LogP contribution in [0.1, 0.15) is 11.1 Å². The highest BCUT2D eigenvalue weighted by atomic mass is 16.5. The number of pyridine rings is 1. The van der Waals surface area contributed by atoms with Crippen LogP contribution in [0.15, 0.2) is 30.3 Å². The van der Waals surface area contributed by atoms with Gasteiger partial charge in [0, 0.05) is 11.6 Å². The molecule has 4 nitrogen and oxygen atoms in total. The van der Waals surface area contributed by atoms with E-state index < -0.39 is 0 Å². The van der Waals surface area contributed by atoms with Crippen molar-refractivity contribution in [2.45, 2.75) is 13.8 Å². The fourth-order valence-corrected chi connectivity index (χ4v) is 2.30. The predicted octanol–water partition coefficient (Wildman–Crippen LogP) is 3.25. The summed E-state index contributed by atoms with van der Waals surface area (Å²) in [6.45, 7) is 4.17. The van der Waals surface area contributed by atoms with Crippen LogP contribution >= 0.6 is 0 Å². The van der Waals surface area contributed by atoms with E-state index in [4.69, 9.17) is 4.74 Å². The van der Waals surface area contributed by atoms with Gasteiger partial charge in [-0.3, -0.25) is 0 Å². The first-order valence-corrected chi connectivity index (χ1v) is 6.16. The third-order valence-corrected chi connectivity index (χ3v) is 3.25. The summed E-state index contributed by atoms with van der Waals surface area (Å²) in [5.74, 6) is 1.43. The van der Waals surface area contributed by atoms with Crippen molar-refractivity contribution < 1.29 is 4.74 Å². The predicted molar refractivity (Wildman–Crippen MR) is 75.4 cm³/mol. The third-order valence-electron chi connectivity index (χ3n) is 3.25. The second kappa shape index (κ2) is 4.39. The molecule has 2 heterocycles. The molecule has 1 N–H and O–H groups in total. The lowest BCUT2D eigenvalue weighted by molar-refractivity contribution is 0.399. The number of benzene rings is 1. The van der Waals surface area contributed by atoms with Gasteiger partial charge in [-0.2, -0.15) is 4.98 Å². The van der Waals surface area contributed by atoms with Crippen LogP contribution in [0.25, 0.3) is 22.6 Å². The molecule has 0 atom stereocenters. The van der Waals surface area contributed by atoms with E-state index in [2.05, 4.69) is 47.0 Å². The maximum atomic E-state index is 5.12. The average molecular weight is 253 g/mol. The van der Waals surface area contributed by atoms with Crippen LogP contribution in [0.3, 0.4) is 0 Å². The Labute approximate surface area is 111 Å². The van der Waals surface area contributed by atoms with Gasteiger partial charge in [0.25, 0.3) is 0 Å². The number of aromatic amines is 1. The summed E-state index contributed by atoms with van der Waals surface area (Å²) in [6.07, 6.45) is 0. The number of nitrogens with zero attached hydrogens (tertiary/aromatic N) is 2. The fourth-order valence-electron chi connectivity index (χ4n) is 2.30. The molecule has 0 aliphatic carbocycles. The van der Waals surface area contributed by atoms with Gasteiger partial charge < -0.3 is 9.72 Å². The highest BCUT2D eigenvalue weighted by Gasteiger charge is 2.11. The number of aromatic nitrogens is 3. The van der Waals surface area contributed by atoms with Gasteiger partial charge in [-0.05, 0) is 31.0 Å². The summed E-state index contributed by atoms with van der Waals surface area (Å²) in [6, 6.07) is 9.99. The summed E-state index contributed by atoms with van der Waals surface area (Å²) in [4.78, 5) is 12.2. The molecule has 0 unspecified atom stereocenters. The molecule has 0 bridgehead atoms. The molecule has 0 aliphatic rings. The van der Waals surface area contributed by atoms with Crippen LogP contribution < -0.4 is 4.74 Å².